The zero-order valence-electron chi connectivity index (χ0n) is 36.0. The summed E-state index contributed by atoms with van der Waals surface area (Å²) in [6, 6.07) is 0. The Kier molecular flexibility index (Phi) is 10.7. The Morgan fingerprint density at radius 3 is 2.12 bits per heavy atom. The second-order valence-electron chi connectivity index (χ2n) is 22.4. The van der Waals surface area contributed by atoms with E-state index >= 15 is 0 Å². The number of carbonyl (C=O) groups excluding carboxylic acids is 1. The van der Waals surface area contributed by atoms with E-state index in [4.69, 9.17) is 28.4 Å². The molecule has 0 aromatic rings. The average molecular weight is 825 g/mol. The van der Waals surface area contributed by atoms with Gasteiger partial charge in [0.05, 0.1) is 43.2 Å². The fourth-order valence-electron chi connectivity index (χ4n) is 15.3. The number of carbonyl (C=O) groups is 1. The van der Waals surface area contributed by atoms with Crippen LogP contribution in [0.5, 0.6) is 0 Å². The molecule has 0 amide bonds. The molecule has 0 aromatic heterocycles. The summed E-state index contributed by atoms with van der Waals surface area (Å²) in [6.07, 6.45) is -6.19. The Morgan fingerprint density at radius 1 is 0.776 bits per heavy atom. The lowest BCUT2D eigenvalue weighted by atomic mass is 9.41. The van der Waals surface area contributed by atoms with Crippen molar-refractivity contribution < 1.29 is 69.0 Å². The first kappa shape index (κ1) is 43.6. The van der Waals surface area contributed by atoms with Gasteiger partial charge in [-0.05, 0) is 109 Å². The third kappa shape index (κ3) is 6.18. The zero-order valence-corrected chi connectivity index (χ0v) is 36.0. The first-order valence-corrected chi connectivity index (χ1v) is 22.0. The summed E-state index contributed by atoms with van der Waals surface area (Å²) < 4.78 is 37.8. The maximum atomic E-state index is 12.3. The Morgan fingerprint density at radius 2 is 1.48 bits per heavy atom. The molecule has 3 heterocycles. The van der Waals surface area contributed by atoms with Gasteiger partial charge in [0.2, 0.25) is 0 Å². The van der Waals surface area contributed by atoms with Crippen LogP contribution in [0.15, 0.2) is 0 Å². The monoisotopic (exact) mass is 824 g/mol. The van der Waals surface area contributed by atoms with Crippen LogP contribution in [0.25, 0.3) is 0 Å². The number of aliphatic hydroxyl groups is 7. The van der Waals surface area contributed by atoms with Crippen LogP contribution in [0.4, 0.5) is 0 Å². The summed E-state index contributed by atoms with van der Waals surface area (Å²) in [6.45, 7) is 18.4. The maximum Gasteiger partial charge on any atom is 0.303 e. The zero-order chi connectivity index (χ0) is 42.3. The first-order chi connectivity index (χ1) is 26.9. The van der Waals surface area contributed by atoms with Crippen molar-refractivity contribution in [1.29, 1.82) is 0 Å². The highest BCUT2D eigenvalue weighted by Crippen LogP contribution is 2.89. The summed E-state index contributed by atoms with van der Waals surface area (Å²) in [5.74, 6) is -0.722. The van der Waals surface area contributed by atoms with Gasteiger partial charge in [-0.25, -0.2) is 0 Å². The van der Waals surface area contributed by atoms with Gasteiger partial charge in [0, 0.05) is 12.8 Å². The van der Waals surface area contributed by atoms with Gasteiger partial charge in [-0.3, -0.25) is 4.79 Å². The first-order valence-electron chi connectivity index (χ1n) is 22.0. The highest BCUT2D eigenvalue weighted by atomic mass is 16.7. The van der Waals surface area contributed by atoms with Gasteiger partial charge >= 0.3 is 5.97 Å². The van der Waals surface area contributed by atoms with E-state index in [-0.39, 0.29) is 57.5 Å². The van der Waals surface area contributed by atoms with Gasteiger partial charge in [-0.15, -0.1) is 0 Å². The lowest BCUT2D eigenvalue weighted by molar-refractivity contribution is -0.339. The van der Waals surface area contributed by atoms with Gasteiger partial charge in [-0.2, -0.15) is 0 Å². The number of ether oxygens (including phenoxy) is 6. The van der Waals surface area contributed by atoms with Crippen LogP contribution in [0.3, 0.4) is 0 Å². The van der Waals surface area contributed by atoms with Crippen molar-refractivity contribution in [2.45, 2.75) is 205 Å². The molecule has 21 atom stereocenters. The van der Waals surface area contributed by atoms with E-state index in [0.29, 0.717) is 19.3 Å². The van der Waals surface area contributed by atoms with E-state index in [1.54, 1.807) is 0 Å². The largest absolute Gasteiger partial charge is 0.457 e. The molecule has 8 fully saturated rings. The van der Waals surface area contributed by atoms with Crippen LogP contribution in [0.1, 0.15) is 120 Å². The van der Waals surface area contributed by atoms with Crippen molar-refractivity contribution in [1.82, 2.24) is 0 Å². The molecular weight excluding hydrogens is 752 g/mol. The number of esters is 1. The van der Waals surface area contributed by atoms with Crippen LogP contribution >= 0.6 is 0 Å². The van der Waals surface area contributed by atoms with E-state index in [9.17, 15) is 40.5 Å². The molecule has 3 aliphatic heterocycles. The summed E-state index contributed by atoms with van der Waals surface area (Å²) in [7, 11) is 0. The molecule has 8 aliphatic rings. The predicted molar refractivity (Wildman–Crippen MR) is 206 cm³/mol. The van der Waals surface area contributed by atoms with Crippen molar-refractivity contribution in [3.8, 4) is 0 Å². The molecule has 8 rings (SSSR count). The van der Waals surface area contributed by atoms with E-state index in [1.807, 2.05) is 0 Å². The highest BCUT2D eigenvalue weighted by molar-refractivity contribution is 5.66. The molecule has 14 heteroatoms. The molecule has 0 bridgehead atoms. The SMILES string of the molecule is CC(=O)OC1C(O)COC(O[C@H]2CCC34CC35CC[C@]3(C)C(C6(C)CCC(C(C)(C)C)O6)[C@@H](O)C[C@@]3(C)C5C[C@H](OC3OC(CO)C(O)C(O)C3O)C4C2(C)C)C1O. The van der Waals surface area contributed by atoms with Crippen molar-refractivity contribution >= 4 is 5.97 Å². The van der Waals surface area contributed by atoms with Gasteiger partial charge in [0.15, 0.2) is 18.7 Å². The molecule has 0 aromatic carbocycles. The van der Waals surface area contributed by atoms with Crippen molar-refractivity contribution in [3.05, 3.63) is 0 Å². The predicted octanol–water partition coefficient (Wildman–Crippen LogP) is 2.57. The second-order valence-corrected chi connectivity index (χ2v) is 22.4. The van der Waals surface area contributed by atoms with Crippen molar-refractivity contribution in [2.24, 2.45) is 50.2 Å². The smallest absolute Gasteiger partial charge is 0.303 e. The molecular formula is C44H72O14. The molecule has 5 saturated carbocycles. The Hall–Kier alpha value is -1.01. The minimum Gasteiger partial charge on any atom is -0.457 e. The molecule has 0 radical (unpaired) electrons. The molecule has 16 unspecified atom stereocenters. The van der Waals surface area contributed by atoms with E-state index < -0.39 is 97.2 Å². The van der Waals surface area contributed by atoms with Gasteiger partial charge in [0.25, 0.3) is 0 Å². The molecule has 332 valence electrons. The summed E-state index contributed by atoms with van der Waals surface area (Å²) in [5, 5.41) is 77.0. The standard InChI is InChI=1S/C44H72O14/c1-21(46)54-33-23(48)19-53-36(32(33)52)57-28-11-13-44-20-43(44)15-14-40(7)34(42(9)12-10-27(58-42)38(2,3)4)22(47)17-41(40,8)26(43)16-24(35(44)39(28,5)6)55-37-31(51)30(50)29(49)25(18-45)56-37/h22-37,45,47-52H,10-20H2,1-9H3/t22-,23?,24-,25?,26?,27?,28-,29?,30?,31?,32?,33?,34?,35?,36?,37?,40+,41-,42?,43?,44?/m0/s1. The number of fused-ring (bicyclic) bond motifs is 2. The van der Waals surface area contributed by atoms with Crippen LogP contribution in [-0.4, -0.2) is 140 Å². The van der Waals surface area contributed by atoms with Gasteiger partial charge < -0.3 is 64.2 Å². The molecule has 3 saturated heterocycles. The third-order valence-corrected chi connectivity index (χ3v) is 18.1. The fourth-order valence-corrected chi connectivity index (χ4v) is 15.3. The maximum absolute atomic E-state index is 12.3. The fraction of sp³-hybridized carbons (Fsp3) is 0.977. The van der Waals surface area contributed by atoms with E-state index in [1.165, 1.54) is 6.92 Å². The minimum absolute atomic E-state index is 0.0161. The second kappa shape index (κ2) is 14.3. The topological polar surface area (TPSA) is 214 Å². The van der Waals surface area contributed by atoms with E-state index in [2.05, 4.69) is 55.4 Å². The molecule has 2 spiro atoms. The van der Waals surface area contributed by atoms with Gasteiger partial charge in [-0.1, -0.05) is 48.5 Å². The number of rotatable bonds is 7. The third-order valence-electron chi connectivity index (χ3n) is 18.1. The normalized spacial score (nSPS) is 56.1. The van der Waals surface area contributed by atoms with Crippen LogP contribution in [-0.2, 0) is 33.2 Å². The van der Waals surface area contributed by atoms with Crippen molar-refractivity contribution in [2.75, 3.05) is 13.2 Å². The average Bonchev–Trinajstić information content (AvgIpc) is 3.49. The number of hydrogen-bond acceptors (Lipinski definition) is 14. The Balaban J connectivity index is 1.14. The number of hydrogen-bond donors (Lipinski definition) is 7. The Labute approximate surface area is 343 Å². The Bertz CT molecular complexity index is 1570. The molecule has 5 aliphatic carbocycles. The summed E-state index contributed by atoms with van der Waals surface area (Å²) >= 11 is 0. The van der Waals surface area contributed by atoms with Crippen molar-refractivity contribution in [3.63, 3.8) is 0 Å². The lowest BCUT2D eigenvalue weighted by Crippen LogP contribution is -2.65. The summed E-state index contributed by atoms with van der Waals surface area (Å²) in [5.41, 5.74) is -1.90. The number of aliphatic hydroxyl groups excluding tert-OH is 7. The van der Waals surface area contributed by atoms with Crippen LogP contribution in [0, 0.1) is 50.2 Å². The molecule has 14 nitrogen and oxygen atoms in total. The quantitative estimate of drug-likeness (QED) is 0.145. The van der Waals surface area contributed by atoms with Gasteiger partial charge in [0.1, 0.15) is 36.6 Å². The highest BCUT2D eigenvalue weighted by Gasteiger charge is 2.85. The van der Waals surface area contributed by atoms with Crippen LogP contribution < -0.4 is 0 Å². The minimum atomic E-state index is -1.60. The van der Waals surface area contributed by atoms with Crippen LogP contribution in [0.2, 0.25) is 0 Å². The van der Waals surface area contributed by atoms with E-state index in [0.717, 1.165) is 38.5 Å². The molecule has 58 heavy (non-hydrogen) atoms. The summed E-state index contributed by atoms with van der Waals surface area (Å²) in [4.78, 5) is 11.9. The lowest BCUT2D eigenvalue weighted by Gasteiger charge is -2.65. The molecule has 7 N–H and O–H groups in total.